The Balaban J connectivity index is 1.30. The van der Waals surface area contributed by atoms with Crippen molar-refractivity contribution in [1.82, 2.24) is 20.3 Å². The molecular formula is C23H25FN6O2. The summed E-state index contributed by atoms with van der Waals surface area (Å²) in [7, 11) is 0. The monoisotopic (exact) mass is 436 g/mol. The lowest BCUT2D eigenvalue weighted by atomic mass is 10.0. The first-order valence-corrected chi connectivity index (χ1v) is 10.9. The number of piperidine rings is 1. The number of aromatic nitrogens is 3. The normalized spacial score (nSPS) is 19.2. The second-order valence-corrected chi connectivity index (χ2v) is 8.12. The van der Waals surface area contributed by atoms with Crippen LogP contribution in [0.2, 0.25) is 0 Å². The molecule has 0 radical (unpaired) electrons. The van der Waals surface area contributed by atoms with Gasteiger partial charge in [-0.25, -0.2) is 14.4 Å². The highest BCUT2D eigenvalue weighted by Crippen LogP contribution is 2.23. The molecule has 4 heterocycles. The zero-order valence-electron chi connectivity index (χ0n) is 17.7. The van der Waals surface area contributed by atoms with Crippen molar-refractivity contribution in [2.45, 2.75) is 18.9 Å². The Labute approximate surface area is 185 Å². The number of pyridine rings is 1. The van der Waals surface area contributed by atoms with Crippen LogP contribution in [0, 0.1) is 5.82 Å². The van der Waals surface area contributed by atoms with Gasteiger partial charge in [-0.2, -0.15) is 0 Å². The Morgan fingerprint density at radius 2 is 1.88 bits per heavy atom. The van der Waals surface area contributed by atoms with E-state index in [2.05, 4.69) is 30.1 Å². The average Bonchev–Trinajstić information content (AvgIpc) is 2.84. The number of rotatable bonds is 4. The molecular weight excluding hydrogens is 411 g/mol. The minimum atomic E-state index is -0.447. The van der Waals surface area contributed by atoms with Crippen LogP contribution in [0.5, 0.6) is 0 Å². The summed E-state index contributed by atoms with van der Waals surface area (Å²) < 4.78 is 19.5. The third-order valence-corrected chi connectivity index (χ3v) is 5.97. The summed E-state index contributed by atoms with van der Waals surface area (Å²) in [4.78, 5) is 30.5. The number of ether oxygens (including phenoxy) is 1. The molecule has 8 nitrogen and oxygen atoms in total. The first-order chi connectivity index (χ1) is 15.7. The number of amides is 1. The molecule has 166 valence electrons. The predicted molar refractivity (Wildman–Crippen MR) is 119 cm³/mol. The summed E-state index contributed by atoms with van der Waals surface area (Å²) in [5, 5.41) is 3.69. The molecule has 1 N–H and O–H groups in total. The van der Waals surface area contributed by atoms with Gasteiger partial charge in [0.05, 0.1) is 24.3 Å². The number of nitrogens with zero attached hydrogens (tertiary/aromatic N) is 5. The molecule has 2 aromatic heterocycles. The van der Waals surface area contributed by atoms with E-state index in [4.69, 9.17) is 4.74 Å². The summed E-state index contributed by atoms with van der Waals surface area (Å²) in [6, 6.07) is 8.06. The van der Waals surface area contributed by atoms with E-state index >= 15 is 0 Å². The first kappa shape index (κ1) is 20.6. The van der Waals surface area contributed by atoms with Gasteiger partial charge in [-0.15, -0.1) is 0 Å². The van der Waals surface area contributed by atoms with Gasteiger partial charge in [0.25, 0.3) is 5.91 Å². The Hall–Kier alpha value is -3.33. The minimum absolute atomic E-state index is 0.0694. The number of carbonyl (C=O) groups excluding carboxylic acids is 1. The maximum absolute atomic E-state index is 14.1. The molecule has 0 aliphatic carbocycles. The molecule has 32 heavy (non-hydrogen) atoms. The van der Waals surface area contributed by atoms with Crippen molar-refractivity contribution in [3.63, 3.8) is 0 Å². The van der Waals surface area contributed by atoms with Crippen LogP contribution in [0.3, 0.4) is 0 Å². The van der Waals surface area contributed by atoms with Gasteiger partial charge in [0.1, 0.15) is 23.8 Å². The molecule has 0 saturated carbocycles. The van der Waals surface area contributed by atoms with Crippen LogP contribution >= 0.6 is 0 Å². The molecule has 2 aliphatic rings. The SMILES string of the molecule is O=C(NC1CCCN(c2cc(N3CCOCC3)ncn2)C1)c1cc(F)cc2cccnc12. The van der Waals surface area contributed by atoms with E-state index in [1.165, 1.54) is 12.1 Å². The smallest absolute Gasteiger partial charge is 0.253 e. The van der Waals surface area contributed by atoms with Crippen LogP contribution in [0.15, 0.2) is 42.9 Å². The molecule has 2 saturated heterocycles. The summed E-state index contributed by atoms with van der Waals surface area (Å²) >= 11 is 0. The molecule has 1 unspecified atom stereocenters. The maximum atomic E-state index is 14.1. The van der Waals surface area contributed by atoms with E-state index in [9.17, 15) is 9.18 Å². The zero-order valence-corrected chi connectivity index (χ0v) is 17.7. The molecule has 1 amide bonds. The summed E-state index contributed by atoms with van der Waals surface area (Å²) in [5.41, 5.74) is 0.763. The number of carbonyl (C=O) groups is 1. The lowest BCUT2D eigenvalue weighted by Gasteiger charge is -2.34. The zero-order chi connectivity index (χ0) is 21.9. The summed E-state index contributed by atoms with van der Waals surface area (Å²) in [6.45, 7) is 4.50. The Morgan fingerprint density at radius 3 is 2.72 bits per heavy atom. The highest BCUT2D eigenvalue weighted by Gasteiger charge is 2.25. The van der Waals surface area contributed by atoms with E-state index in [0.29, 0.717) is 30.7 Å². The van der Waals surface area contributed by atoms with Gasteiger partial charge in [0.2, 0.25) is 0 Å². The molecule has 0 spiro atoms. The van der Waals surface area contributed by atoms with Gasteiger partial charge in [-0.1, -0.05) is 6.07 Å². The molecule has 0 bridgehead atoms. The second-order valence-electron chi connectivity index (χ2n) is 8.12. The fraction of sp³-hybridized carbons (Fsp3) is 0.391. The molecule has 5 rings (SSSR count). The highest BCUT2D eigenvalue weighted by molar-refractivity contribution is 6.05. The number of morpholine rings is 1. The van der Waals surface area contributed by atoms with Crippen molar-refractivity contribution in [3.8, 4) is 0 Å². The number of nitrogens with one attached hydrogen (secondary N) is 1. The number of anilines is 2. The Kier molecular flexibility index (Phi) is 5.81. The van der Waals surface area contributed by atoms with Crippen molar-refractivity contribution in [1.29, 1.82) is 0 Å². The van der Waals surface area contributed by atoms with Crippen LogP contribution in [0.25, 0.3) is 10.9 Å². The van der Waals surface area contributed by atoms with E-state index in [1.54, 1.807) is 24.7 Å². The van der Waals surface area contributed by atoms with Crippen LogP contribution in [-0.2, 0) is 4.74 Å². The second kappa shape index (κ2) is 9.04. The number of hydrogen-bond acceptors (Lipinski definition) is 7. The van der Waals surface area contributed by atoms with Gasteiger partial charge in [-0.3, -0.25) is 9.78 Å². The molecule has 9 heteroatoms. The number of hydrogen-bond donors (Lipinski definition) is 1. The third kappa shape index (κ3) is 4.34. The quantitative estimate of drug-likeness (QED) is 0.672. The minimum Gasteiger partial charge on any atom is -0.378 e. The van der Waals surface area contributed by atoms with Crippen molar-refractivity contribution >= 4 is 28.4 Å². The van der Waals surface area contributed by atoms with Crippen LogP contribution < -0.4 is 15.1 Å². The highest BCUT2D eigenvalue weighted by atomic mass is 19.1. The predicted octanol–water partition coefficient (Wildman–Crippen LogP) is 2.40. The molecule has 3 aromatic rings. The molecule has 1 atom stereocenters. The van der Waals surface area contributed by atoms with Gasteiger partial charge >= 0.3 is 0 Å². The van der Waals surface area contributed by atoms with E-state index in [1.807, 2.05) is 6.07 Å². The van der Waals surface area contributed by atoms with Crippen LogP contribution in [0.4, 0.5) is 16.0 Å². The van der Waals surface area contributed by atoms with Gasteiger partial charge in [0, 0.05) is 49.9 Å². The van der Waals surface area contributed by atoms with Gasteiger partial charge < -0.3 is 19.9 Å². The fourth-order valence-corrected chi connectivity index (χ4v) is 4.37. The first-order valence-electron chi connectivity index (χ1n) is 10.9. The average molecular weight is 436 g/mol. The summed E-state index contributed by atoms with van der Waals surface area (Å²) in [5.74, 6) is 0.981. The standard InChI is InChI=1S/C23H25FN6O2/c24-17-11-16-3-1-5-25-22(16)19(12-17)23(31)28-18-4-2-6-30(14-18)21-13-20(26-15-27-21)29-7-9-32-10-8-29/h1,3,5,11-13,15,18H,2,4,6-10,14H2,(H,28,31). The lowest BCUT2D eigenvalue weighted by molar-refractivity contribution is 0.0934. The Bertz CT molecular complexity index is 1120. The number of fused-ring (bicyclic) bond motifs is 1. The summed E-state index contributed by atoms with van der Waals surface area (Å²) in [6.07, 6.45) is 4.97. The van der Waals surface area contributed by atoms with Crippen molar-refractivity contribution in [3.05, 3.63) is 54.2 Å². The van der Waals surface area contributed by atoms with Crippen molar-refractivity contribution in [2.24, 2.45) is 0 Å². The number of benzene rings is 1. The topological polar surface area (TPSA) is 83.5 Å². The fourth-order valence-electron chi connectivity index (χ4n) is 4.37. The lowest BCUT2D eigenvalue weighted by Crippen LogP contribution is -2.48. The van der Waals surface area contributed by atoms with Crippen molar-refractivity contribution in [2.75, 3.05) is 49.2 Å². The van der Waals surface area contributed by atoms with E-state index in [0.717, 1.165) is 44.1 Å². The molecule has 1 aromatic carbocycles. The molecule has 2 aliphatic heterocycles. The van der Waals surface area contributed by atoms with Crippen LogP contribution in [0.1, 0.15) is 23.2 Å². The van der Waals surface area contributed by atoms with Gasteiger partial charge in [0.15, 0.2) is 0 Å². The van der Waals surface area contributed by atoms with E-state index < -0.39 is 5.82 Å². The Morgan fingerprint density at radius 1 is 1.06 bits per heavy atom. The third-order valence-electron chi connectivity index (χ3n) is 5.97. The van der Waals surface area contributed by atoms with Gasteiger partial charge in [-0.05, 0) is 31.0 Å². The maximum Gasteiger partial charge on any atom is 0.253 e. The number of halogens is 1. The van der Waals surface area contributed by atoms with Crippen LogP contribution in [-0.4, -0.2) is 66.3 Å². The van der Waals surface area contributed by atoms with E-state index in [-0.39, 0.29) is 17.5 Å². The van der Waals surface area contributed by atoms with Crippen molar-refractivity contribution < 1.29 is 13.9 Å². The molecule has 2 fully saturated rings. The largest absolute Gasteiger partial charge is 0.378 e.